The normalized spacial score (nSPS) is 24.4. The van der Waals surface area contributed by atoms with Crippen LogP contribution >= 0.6 is 0 Å². The highest BCUT2D eigenvalue weighted by Crippen LogP contribution is 2.21. The van der Waals surface area contributed by atoms with E-state index in [9.17, 15) is 4.79 Å². The summed E-state index contributed by atoms with van der Waals surface area (Å²) in [5.41, 5.74) is 2.52. The summed E-state index contributed by atoms with van der Waals surface area (Å²) in [7, 11) is 0. The SMILES string of the molecule is C[C@H]1CCCN(C(=O)C2CC[NH+](Cc3ccc(OCc4ccccc4)cc3)CC2)C1. The second kappa shape index (κ2) is 10.1. The molecule has 2 aliphatic heterocycles. The van der Waals surface area contributed by atoms with E-state index in [0.29, 0.717) is 18.4 Å². The molecule has 0 aromatic heterocycles. The number of carbonyl (C=O) groups excluding carboxylic acids is 1. The molecule has 160 valence electrons. The van der Waals surface area contributed by atoms with Crippen LogP contribution in [-0.4, -0.2) is 37.0 Å². The van der Waals surface area contributed by atoms with Gasteiger partial charge in [0.05, 0.1) is 13.1 Å². The zero-order chi connectivity index (χ0) is 20.8. The average Bonchev–Trinajstić information content (AvgIpc) is 2.79. The lowest BCUT2D eigenvalue weighted by molar-refractivity contribution is -0.919. The van der Waals surface area contributed by atoms with Gasteiger partial charge in [-0.1, -0.05) is 37.3 Å². The number of rotatable bonds is 6. The van der Waals surface area contributed by atoms with Crippen molar-refractivity contribution in [1.82, 2.24) is 4.90 Å². The standard InChI is InChI=1S/C26H34N2O2/c1-21-6-5-15-28(18-21)26(29)24-13-16-27(17-14-24)19-22-9-11-25(12-10-22)30-20-23-7-3-2-4-8-23/h2-4,7-12,21,24H,5-6,13-20H2,1H3/p+1/t21-/m0/s1. The lowest BCUT2D eigenvalue weighted by atomic mass is 9.92. The maximum absolute atomic E-state index is 12.9. The summed E-state index contributed by atoms with van der Waals surface area (Å²) in [6.07, 6.45) is 4.49. The van der Waals surface area contributed by atoms with E-state index in [-0.39, 0.29) is 5.92 Å². The van der Waals surface area contributed by atoms with Crippen LogP contribution in [0.4, 0.5) is 0 Å². The number of amides is 1. The summed E-state index contributed by atoms with van der Waals surface area (Å²) < 4.78 is 5.89. The largest absolute Gasteiger partial charge is 0.489 e. The Hall–Kier alpha value is -2.33. The number of carbonyl (C=O) groups is 1. The van der Waals surface area contributed by atoms with Crippen LogP contribution in [0.5, 0.6) is 5.75 Å². The van der Waals surface area contributed by atoms with E-state index in [4.69, 9.17) is 4.74 Å². The maximum Gasteiger partial charge on any atom is 0.226 e. The number of benzene rings is 2. The third-order valence-corrected chi connectivity index (χ3v) is 6.64. The minimum Gasteiger partial charge on any atom is -0.489 e. The summed E-state index contributed by atoms with van der Waals surface area (Å²) in [5.74, 6) is 2.24. The van der Waals surface area contributed by atoms with Gasteiger partial charge in [-0.05, 0) is 48.6 Å². The molecule has 0 bridgehead atoms. The average molecular weight is 408 g/mol. The zero-order valence-corrected chi connectivity index (χ0v) is 18.2. The molecule has 0 aliphatic carbocycles. The first-order valence-corrected chi connectivity index (χ1v) is 11.6. The van der Waals surface area contributed by atoms with Crippen LogP contribution in [0.15, 0.2) is 54.6 Å². The van der Waals surface area contributed by atoms with Crippen molar-refractivity contribution in [3.8, 4) is 5.75 Å². The minimum atomic E-state index is 0.243. The number of nitrogens with one attached hydrogen (secondary N) is 1. The molecule has 2 heterocycles. The molecule has 2 saturated heterocycles. The predicted molar refractivity (Wildman–Crippen MR) is 119 cm³/mol. The Labute approximate surface area is 180 Å². The van der Waals surface area contributed by atoms with Gasteiger partial charge in [-0.25, -0.2) is 0 Å². The van der Waals surface area contributed by atoms with Gasteiger partial charge in [-0.3, -0.25) is 4.79 Å². The first-order valence-electron chi connectivity index (χ1n) is 11.6. The van der Waals surface area contributed by atoms with Crippen molar-refractivity contribution in [3.63, 3.8) is 0 Å². The monoisotopic (exact) mass is 407 g/mol. The van der Waals surface area contributed by atoms with E-state index in [1.807, 2.05) is 18.2 Å². The van der Waals surface area contributed by atoms with Crippen molar-refractivity contribution in [2.24, 2.45) is 11.8 Å². The molecular formula is C26H35N2O2+. The number of ether oxygens (including phenoxy) is 1. The molecule has 1 N–H and O–H groups in total. The molecule has 4 heteroatoms. The Morgan fingerprint density at radius 3 is 2.43 bits per heavy atom. The fraction of sp³-hybridized carbons (Fsp3) is 0.500. The molecule has 0 saturated carbocycles. The van der Waals surface area contributed by atoms with Crippen LogP contribution in [0.3, 0.4) is 0 Å². The van der Waals surface area contributed by atoms with Crippen LogP contribution in [-0.2, 0) is 17.9 Å². The Morgan fingerprint density at radius 2 is 1.73 bits per heavy atom. The summed E-state index contributed by atoms with van der Waals surface area (Å²) in [5, 5.41) is 0. The van der Waals surface area contributed by atoms with Crippen molar-refractivity contribution >= 4 is 5.91 Å². The van der Waals surface area contributed by atoms with E-state index in [2.05, 4.69) is 48.2 Å². The number of piperidine rings is 2. The Balaban J connectivity index is 1.21. The van der Waals surface area contributed by atoms with Gasteiger partial charge in [0.2, 0.25) is 5.91 Å². The fourth-order valence-electron chi connectivity index (χ4n) is 4.83. The first kappa shape index (κ1) is 20.9. The van der Waals surface area contributed by atoms with E-state index in [1.54, 1.807) is 4.90 Å². The van der Waals surface area contributed by atoms with Gasteiger partial charge in [0, 0.05) is 37.4 Å². The molecule has 2 aliphatic rings. The Kier molecular flexibility index (Phi) is 7.06. The molecule has 1 amide bonds. The quantitative estimate of drug-likeness (QED) is 0.797. The lowest BCUT2D eigenvalue weighted by Crippen LogP contribution is -3.11. The second-order valence-corrected chi connectivity index (χ2v) is 9.15. The summed E-state index contributed by atoms with van der Waals surface area (Å²) in [6, 6.07) is 18.8. The van der Waals surface area contributed by atoms with Crippen LogP contribution in [0, 0.1) is 11.8 Å². The van der Waals surface area contributed by atoms with Crippen LogP contribution in [0.1, 0.15) is 43.7 Å². The molecule has 2 aromatic rings. The van der Waals surface area contributed by atoms with Crippen LogP contribution in [0.25, 0.3) is 0 Å². The molecular weight excluding hydrogens is 372 g/mol. The number of hydrogen-bond acceptors (Lipinski definition) is 2. The molecule has 2 fully saturated rings. The van der Waals surface area contributed by atoms with Crippen LogP contribution in [0.2, 0.25) is 0 Å². The van der Waals surface area contributed by atoms with Crippen molar-refractivity contribution in [1.29, 1.82) is 0 Å². The van der Waals surface area contributed by atoms with Gasteiger partial charge < -0.3 is 14.5 Å². The molecule has 2 aromatic carbocycles. The van der Waals surface area contributed by atoms with E-state index in [0.717, 1.165) is 51.3 Å². The van der Waals surface area contributed by atoms with E-state index < -0.39 is 0 Å². The summed E-state index contributed by atoms with van der Waals surface area (Å²) in [6.45, 7) is 8.01. The number of quaternary nitrogens is 1. The van der Waals surface area contributed by atoms with Gasteiger partial charge in [0.1, 0.15) is 18.9 Å². The van der Waals surface area contributed by atoms with Gasteiger partial charge in [0.25, 0.3) is 0 Å². The zero-order valence-electron chi connectivity index (χ0n) is 18.2. The highest BCUT2D eigenvalue weighted by atomic mass is 16.5. The lowest BCUT2D eigenvalue weighted by Gasteiger charge is -2.36. The third kappa shape index (κ3) is 5.63. The van der Waals surface area contributed by atoms with Crippen molar-refractivity contribution < 1.29 is 14.4 Å². The van der Waals surface area contributed by atoms with Crippen molar-refractivity contribution in [3.05, 3.63) is 65.7 Å². The minimum absolute atomic E-state index is 0.243. The van der Waals surface area contributed by atoms with Crippen molar-refractivity contribution in [2.75, 3.05) is 26.2 Å². The van der Waals surface area contributed by atoms with Crippen LogP contribution < -0.4 is 9.64 Å². The highest BCUT2D eigenvalue weighted by Gasteiger charge is 2.32. The first-order chi connectivity index (χ1) is 14.7. The number of likely N-dealkylation sites (tertiary alicyclic amines) is 2. The summed E-state index contributed by atoms with van der Waals surface area (Å²) >= 11 is 0. The van der Waals surface area contributed by atoms with Crippen molar-refractivity contribution in [2.45, 2.75) is 45.8 Å². The molecule has 0 radical (unpaired) electrons. The van der Waals surface area contributed by atoms with Gasteiger partial charge in [-0.15, -0.1) is 0 Å². The Morgan fingerprint density at radius 1 is 1.00 bits per heavy atom. The molecule has 4 nitrogen and oxygen atoms in total. The fourth-order valence-corrected chi connectivity index (χ4v) is 4.83. The number of hydrogen-bond donors (Lipinski definition) is 1. The molecule has 1 atom stereocenters. The number of nitrogens with zero attached hydrogens (tertiary/aromatic N) is 1. The molecule has 0 unspecified atom stereocenters. The smallest absolute Gasteiger partial charge is 0.226 e. The van der Waals surface area contributed by atoms with E-state index >= 15 is 0 Å². The summed E-state index contributed by atoms with van der Waals surface area (Å²) in [4.78, 5) is 16.6. The Bertz CT molecular complexity index is 798. The highest BCUT2D eigenvalue weighted by molar-refractivity contribution is 5.79. The van der Waals surface area contributed by atoms with Gasteiger partial charge >= 0.3 is 0 Å². The van der Waals surface area contributed by atoms with Gasteiger partial charge in [0.15, 0.2) is 0 Å². The second-order valence-electron chi connectivity index (χ2n) is 9.15. The predicted octanol–water partition coefficient (Wildman–Crippen LogP) is 3.32. The molecule has 30 heavy (non-hydrogen) atoms. The molecule has 4 rings (SSSR count). The topological polar surface area (TPSA) is 34.0 Å². The third-order valence-electron chi connectivity index (χ3n) is 6.64. The van der Waals surface area contributed by atoms with E-state index in [1.165, 1.54) is 24.0 Å². The van der Waals surface area contributed by atoms with Gasteiger partial charge in [-0.2, -0.15) is 0 Å². The molecule has 0 spiro atoms. The maximum atomic E-state index is 12.9.